The molecule has 0 aliphatic heterocycles. The molecule has 1 aromatic carbocycles. The Kier molecular flexibility index (Phi) is 3.96. The Labute approximate surface area is 108 Å². The average molecular weight is 266 g/mol. The molecule has 18 heavy (non-hydrogen) atoms. The third-order valence-electron chi connectivity index (χ3n) is 2.65. The first kappa shape index (κ1) is 13.0. The number of fused-ring (bicyclic) bond motifs is 1. The van der Waals surface area contributed by atoms with Crippen molar-refractivity contribution in [3.05, 3.63) is 35.2 Å². The number of esters is 1. The SMILES string of the molecule is CCOC(=O)C(O)C(O)c1ccc2sccc2c1. The number of hydrogen-bond donors (Lipinski definition) is 2. The molecule has 0 aliphatic rings. The molecule has 0 radical (unpaired) electrons. The smallest absolute Gasteiger partial charge is 0.338 e. The van der Waals surface area contributed by atoms with Gasteiger partial charge in [0.1, 0.15) is 6.10 Å². The quantitative estimate of drug-likeness (QED) is 0.829. The second-order valence-electron chi connectivity index (χ2n) is 3.86. The van der Waals surface area contributed by atoms with Crippen LogP contribution in [0.3, 0.4) is 0 Å². The van der Waals surface area contributed by atoms with Crippen LogP contribution in [0.25, 0.3) is 10.1 Å². The standard InChI is InChI=1S/C13H14O4S/c1-2-17-13(16)12(15)11(14)9-3-4-10-8(7-9)5-6-18-10/h3-7,11-12,14-15H,2H2,1H3. The highest BCUT2D eigenvalue weighted by Crippen LogP contribution is 2.26. The summed E-state index contributed by atoms with van der Waals surface area (Å²) in [5.74, 6) is -0.810. The second kappa shape index (κ2) is 5.48. The number of benzene rings is 1. The molecule has 0 saturated carbocycles. The highest BCUT2D eigenvalue weighted by molar-refractivity contribution is 7.17. The first-order valence-electron chi connectivity index (χ1n) is 5.63. The van der Waals surface area contributed by atoms with Gasteiger partial charge in [0.25, 0.3) is 0 Å². The van der Waals surface area contributed by atoms with E-state index < -0.39 is 18.2 Å². The lowest BCUT2D eigenvalue weighted by Gasteiger charge is -2.16. The predicted octanol–water partition coefficient (Wildman–Crippen LogP) is 1.86. The van der Waals surface area contributed by atoms with E-state index >= 15 is 0 Å². The lowest BCUT2D eigenvalue weighted by atomic mass is 10.0. The van der Waals surface area contributed by atoms with Gasteiger partial charge in [-0.1, -0.05) is 6.07 Å². The van der Waals surface area contributed by atoms with Gasteiger partial charge in [0.05, 0.1) is 6.61 Å². The molecule has 2 atom stereocenters. The molecule has 4 nitrogen and oxygen atoms in total. The molecule has 0 fully saturated rings. The van der Waals surface area contributed by atoms with Crippen molar-refractivity contribution in [1.29, 1.82) is 0 Å². The van der Waals surface area contributed by atoms with Gasteiger partial charge in [0.15, 0.2) is 6.10 Å². The molecule has 0 saturated heterocycles. The summed E-state index contributed by atoms with van der Waals surface area (Å²) in [6, 6.07) is 7.24. The third-order valence-corrected chi connectivity index (χ3v) is 3.54. The highest BCUT2D eigenvalue weighted by atomic mass is 32.1. The van der Waals surface area contributed by atoms with E-state index in [2.05, 4.69) is 4.74 Å². The van der Waals surface area contributed by atoms with Gasteiger partial charge >= 0.3 is 5.97 Å². The van der Waals surface area contributed by atoms with E-state index in [4.69, 9.17) is 0 Å². The van der Waals surface area contributed by atoms with Crippen LogP contribution in [0.4, 0.5) is 0 Å². The molecule has 2 aromatic rings. The molecule has 2 N–H and O–H groups in total. The van der Waals surface area contributed by atoms with Gasteiger partial charge < -0.3 is 14.9 Å². The van der Waals surface area contributed by atoms with Crippen LogP contribution in [-0.4, -0.2) is 28.9 Å². The zero-order valence-corrected chi connectivity index (χ0v) is 10.7. The number of carbonyl (C=O) groups excluding carboxylic acids is 1. The van der Waals surface area contributed by atoms with Crippen LogP contribution in [0, 0.1) is 0 Å². The molecule has 96 valence electrons. The first-order chi connectivity index (χ1) is 8.63. The van der Waals surface area contributed by atoms with E-state index in [0.717, 1.165) is 10.1 Å². The van der Waals surface area contributed by atoms with Gasteiger partial charge in [0, 0.05) is 4.70 Å². The van der Waals surface area contributed by atoms with Crippen molar-refractivity contribution >= 4 is 27.4 Å². The fourth-order valence-corrected chi connectivity index (χ4v) is 2.48. The van der Waals surface area contributed by atoms with E-state index in [1.165, 1.54) is 0 Å². The Morgan fingerprint density at radius 1 is 1.39 bits per heavy atom. The minimum absolute atomic E-state index is 0.173. The van der Waals surface area contributed by atoms with Crippen molar-refractivity contribution in [3.8, 4) is 0 Å². The molecule has 0 spiro atoms. The van der Waals surface area contributed by atoms with Crippen molar-refractivity contribution in [2.75, 3.05) is 6.61 Å². The van der Waals surface area contributed by atoms with E-state index in [0.29, 0.717) is 5.56 Å². The largest absolute Gasteiger partial charge is 0.464 e. The van der Waals surface area contributed by atoms with Gasteiger partial charge in [-0.25, -0.2) is 4.79 Å². The van der Waals surface area contributed by atoms with Crippen molar-refractivity contribution in [3.63, 3.8) is 0 Å². The summed E-state index contributed by atoms with van der Waals surface area (Å²) < 4.78 is 5.77. The fourth-order valence-electron chi connectivity index (χ4n) is 1.71. The van der Waals surface area contributed by atoms with E-state index in [9.17, 15) is 15.0 Å². The van der Waals surface area contributed by atoms with Crippen LogP contribution in [0.1, 0.15) is 18.6 Å². The first-order valence-corrected chi connectivity index (χ1v) is 6.51. The molecule has 2 rings (SSSR count). The van der Waals surface area contributed by atoms with Crippen LogP contribution in [0.5, 0.6) is 0 Å². The average Bonchev–Trinajstić information content (AvgIpc) is 2.84. The Hall–Kier alpha value is -1.43. The molecule has 0 bridgehead atoms. The number of aliphatic hydroxyl groups is 2. The predicted molar refractivity (Wildman–Crippen MR) is 69.4 cm³/mol. The third kappa shape index (κ3) is 2.53. The van der Waals surface area contributed by atoms with Gasteiger partial charge in [0.2, 0.25) is 0 Å². The summed E-state index contributed by atoms with van der Waals surface area (Å²) in [7, 11) is 0. The van der Waals surface area contributed by atoms with Crippen LogP contribution in [-0.2, 0) is 9.53 Å². The molecular weight excluding hydrogens is 252 g/mol. The maximum absolute atomic E-state index is 11.3. The molecule has 1 aromatic heterocycles. The number of rotatable bonds is 4. The Balaban J connectivity index is 2.21. The van der Waals surface area contributed by atoms with Crippen molar-refractivity contribution in [2.24, 2.45) is 0 Å². The normalized spacial score (nSPS) is 14.4. The minimum atomic E-state index is -1.55. The Morgan fingerprint density at radius 3 is 2.89 bits per heavy atom. The number of ether oxygens (including phenoxy) is 1. The Morgan fingerprint density at radius 2 is 2.17 bits per heavy atom. The lowest BCUT2D eigenvalue weighted by molar-refractivity contribution is -0.159. The molecule has 5 heteroatoms. The van der Waals surface area contributed by atoms with Crippen LogP contribution in [0.2, 0.25) is 0 Å². The van der Waals surface area contributed by atoms with Crippen molar-refractivity contribution < 1.29 is 19.7 Å². The second-order valence-corrected chi connectivity index (χ2v) is 4.81. The molecule has 1 heterocycles. The summed E-state index contributed by atoms with van der Waals surface area (Å²) >= 11 is 1.59. The van der Waals surface area contributed by atoms with Crippen molar-refractivity contribution in [2.45, 2.75) is 19.1 Å². The zero-order valence-electron chi connectivity index (χ0n) is 9.87. The summed E-state index contributed by atoms with van der Waals surface area (Å²) in [5.41, 5.74) is 0.501. The number of aliphatic hydroxyl groups excluding tert-OH is 2. The van der Waals surface area contributed by atoms with E-state index in [1.54, 1.807) is 30.4 Å². The van der Waals surface area contributed by atoms with Crippen molar-refractivity contribution in [1.82, 2.24) is 0 Å². The van der Waals surface area contributed by atoms with Gasteiger partial charge in [-0.3, -0.25) is 0 Å². The summed E-state index contributed by atoms with van der Waals surface area (Å²) in [5, 5.41) is 22.5. The maximum atomic E-state index is 11.3. The van der Waals surface area contributed by atoms with Crippen LogP contribution in [0.15, 0.2) is 29.6 Å². The minimum Gasteiger partial charge on any atom is -0.464 e. The molecule has 2 unspecified atom stereocenters. The molecule has 0 aliphatic carbocycles. The zero-order chi connectivity index (χ0) is 13.1. The van der Waals surface area contributed by atoms with Crippen LogP contribution < -0.4 is 0 Å². The summed E-state index contributed by atoms with van der Waals surface area (Å²) in [4.78, 5) is 11.3. The summed E-state index contributed by atoms with van der Waals surface area (Å²) in [6.07, 6.45) is -2.82. The summed E-state index contributed by atoms with van der Waals surface area (Å²) in [6.45, 7) is 1.82. The van der Waals surface area contributed by atoms with Gasteiger partial charge in [-0.05, 0) is 41.5 Å². The maximum Gasteiger partial charge on any atom is 0.338 e. The van der Waals surface area contributed by atoms with E-state index in [-0.39, 0.29) is 6.61 Å². The topological polar surface area (TPSA) is 66.8 Å². The lowest BCUT2D eigenvalue weighted by Crippen LogP contribution is -2.29. The Bertz CT molecular complexity index is 549. The number of thiophene rings is 1. The molecule has 0 amide bonds. The van der Waals surface area contributed by atoms with E-state index in [1.807, 2.05) is 17.5 Å². The molecular formula is C13H14O4S. The van der Waals surface area contributed by atoms with Gasteiger partial charge in [-0.2, -0.15) is 0 Å². The van der Waals surface area contributed by atoms with Crippen LogP contribution >= 0.6 is 11.3 Å². The number of carbonyl (C=O) groups is 1. The van der Waals surface area contributed by atoms with Gasteiger partial charge in [-0.15, -0.1) is 11.3 Å². The monoisotopic (exact) mass is 266 g/mol. The highest BCUT2D eigenvalue weighted by Gasteiger charge is 2.26. The number of hydrogen-bond acceptors (Lipinski definition) is 5. The fraction of sp³-hybridized carbons (Fsp3) is 0.308.